The Balaban J connectivity index is -0.000000600. The number of ether oxygens (including phenoxy) is 6. The van der Waals surface area contributed by atoms with E-state index in [0.29, 0.717) is 13.2 Å². The topological polar surface area (TPSA) is 78.9 Å². The molecule has 0 saturated carbocycles. The van der Waals surface area contributed by atoms with E-state index < -0.39 is 6.29 Å². The maximum atomic E-state index is 8.44. The molecule has 2 saturated heterocycles. The van der Waals surface area contributed by atoms with Crippen LogP contribution in [0.15, 0.2) is 0 Å². The Bertz CT molecular complexity index is 343. The van der Waals surface area contributed by atoms with E-state index in [4.69, 9.17) is 19.3 Å². The van der Waals surface area contributed by atoms with Crippen molar-refractivity contribution in [2.75, 3.05) is 67.8 Å². The van der Waals surface area contributed by atoms with E-state index in [1.807, 2.05) is 13.8 Å². The second-order valence-electron chi connectivity index (χ2n) is 10.2. The summed E-state index contributed by atoms with van der Waals surface area (Å²) in [5, 5.41) is 8.44. The van der Waals surface area contributed by atoms with E-state index in [9.17, 15) is 0 Å². The van der Waals surface area contributed by atoms with Crippen LogP contribution in [0, 0.1) is 0 Å². The Morgan fingerprint density at radius 2 is 0.850 bits per heavy atom. The highest BCUT2D eigenvalue weighted by Crippen LogP contribution is 2.14. The molecule has 1 N–H and O–H groups in total. The lowest BCUT2D eigenvalue weighted by molar-refractivity contribution is -0.0748. The summed E-state index contributed by atoms with van der Waals surface area (Å²) in [6, 6.07) is 0. The molecule has 246 valence electrons. The van der Waals surface area contributed by atoms with Crippen molar-refractivity contribution in [3.8, 4) is 0 Å². The zero-order valence-electron chi connectivity index (χ0n) is 27.9. The fourth-order valence-electron chi connectivity index (χ4n) is 3.61. The fraction of sp³-hybridized carbons (Fsp3) is 1.00. The third kappa shape index (κ3) is 57.6. The molecule has 0 aromatic heterocycles. The first-order valence-corrected chi connectivity index (χ1v) is 16.6. The van der Waals surface area contributed by atoms with Crippen molar-refractivity contribution < 1.29 is 33.5 Å². The molecule has 0 bridgehead atoms. The number of unbranched alkanes of at least 4 members (excludes halogenated alkanes) is 17. The highest BCUT2D eigenvalue weighted by atomic mass is 16.7. The normalized spacial score (nSPS) is 13.9. The summed E-state index contributed by atoms with van der Waals surface area (Å²) < 4.78 is 28.0. The molecule has 0 amide bonds. The van der Waals surface area contributed by atoms with Gasteiger partial charge in [0, 0.05) is 34.5 Å². The summed E-state index contributed by atoms with van der Waals surface area (Å²) in [4.78, 5) is 0. The SMILES string of the molecule is C1CO1.C1COCO1.CCC(O)OC.CCCCCCCCCCCCCCCCCCCCOC.CCOC. The van der Waals surface area contributed by atoms with Gasteiger partial charge >= 0.3 is 0 Å². The van der Waals surface area contributed by atoms with E-state index in [1.165, 1.54) is 123 Å². The molecule has 40 heavy (non-hydrogen) atoms. The minimum Gasteiger partial charge on any atom is -0.385 e. The van der Waals surface area contributed by atoms with Gasteiger partial charge in [0.25, 0.3) is 0 Å². The molecule has 0 spiro atoms. The van der Waals surface area contributed by atoms with Gasteiger partial charge in [-0.2, -0.15) is 0 Å². The molecule has 0 radical (unpaired) electrons. The van der Waals surface area contributed by atoms with E-state index >= 15 is 0 Å². The number of aliphatic hydroxyl groups is 1. The van der Waals surface area contributed by atoms with Gasteiger partial charge in [-0.1, -0.05) is 123 Å². The van der Waals surface area contributed by atoms with Crippen LogP contribution < -0.4 is 0 Å². The summed E-state index contributed by atoms with van der Waals surface area (Å²) in [6.45, 7) is 11.9. The molecule has 7 nitrogen and oxygen atoms in total. The van der Waals surface area contributed by atoms with Gasteiger partial charge in [-0.25, -0.2) is 0 Å². The molecule has 2 aliphatic heterocycles. The largest absolute Gasteiger partial charge is 0.385 e. The molecule has 2 fully saturated rings. The molecular weight excluding hydrogens is 508 g/mol. The first-order chi connectivity index (χ1) is 19.6. The van der Waals surface area contributed by atoms with Gasteiger partial charge in [-0.3, -0.25) is 0 Å². The van der Waals surface area contributed by atoms with Crippen LogP contribution in [0.5, 0.6) is 0 Å². The summed E-state index contributed by atoms with van der Waals surface area (Å²) in [7, 11) is 4.96. The van der Waals surface area contributed by atoms with Crippen LogP contribution in [0.3, 0.4) is 0 Å². The summed E-state index contributed by atoms with van der Waals surface area (Å²) in [5.41, 5.74) is 0. The highest BCUT2D eigenvalue weighted by Gasteiger charge is 1.96. The number of epoxide rings is 1. The number of hydrogen-bond acceptors (Lipinski definition) is 7. The zero-order valence-corrected chi connectivity index (χ0v) is 27.9. The van der Waals surface area contributed by atoms with Crippen molar-refractivity contribution in [3.63, 3.8) is 0 Å². The maximum absolute atomic E-state index is 8.44. The van der Waals surface area contributed by atoms with E-state index in [1.54, 1.807) is 14.2 Å². The average Bonchev–Trinajstić information content (AvgIpc) is 3.76. The van der Waals surface area contributed by atoms with E-state index in [0.717, 1.165) is 39.6 Å². The van der Waals surface area contributed by atoms with Gasteiger partial charge in [-0.15, -0.1) is 0 Å². The molecule has 2 rings (SSSR count). The predicted octanol–water partition coefficient (Wildman–Crippen LogP) is 8.70. The van der Waals surface area contributed by atoms with Gasteiger partial charge < -0.3 is 33.5 Å². The van der Waals surface area contributed by atoms with Crippen LogP contribution in [0.4, 0.5) is 0 Å². The second kappa shape index (κ2) is 45.7. The molecule has 2 aliphatic rings. The summed E-state index contributed by atoms with van der Waals surface area (Å²) in [5.74, 6) is 0. The van der Waals surface area contributed by atoms with Crippen LogP contribution in [-0.4, -0.2) is 79.2 Å². The van der Waals surface area contributed by atoms with Gasteiger partial charge in [0.2, 0.25) is 0 Å². The van der Waals surface area contributed by atoms with Crippen molar-refractivity contribution in [2.24, 2.45) is 0 Å². The van der Waals surface area contributed by atoms with Crippen molar-refractivity contribution in [1.82, 2.24) is 0 Å². The van der Waals surface area contributed by atoms with Crippen LogP contribution >= 0.6 is 0 Å². The maximum Gasteiger partial charge on any atom is 0.153 e. The highest BCUT2D eigenvalue weighted by molar-refractivity contribution is 4.50. The molecule has 1 unspecified atom stereocenters. The number of aliphatic hydroxyl groups excluding tert-OH is 1. The van der Waals surface area contributed by atoms with Crippen LogP contribution in [0.25, 0.3) is 0 Å². The van der Waals surface area contributed by atoms with Gasteiger partial charge in [-0.05, 0) is 19.8 Å². The number of methoxy groups -OCH3 is 3. The summed E-state index contributed by atoms with van der Waals surface area (Å²) in [6.07, 6.45) is 26.0. The number of rotatable bonds is 22. The first kappa shape index (κ1) is 44.2. The van der Waals surface area contributed by atoms with Gasteiger partial charge in [0.15, 0.2) is 6.29 Å². The van der Waals surface area contributed by atoms with Gasteiger partial charge in [0.05, 0.1) is 26.4 Å². The monoisotopic (exact) mass is 581 g/mol. The van der Waals surface area contributed by atoms with Crippen molar-refractivity contribution in [2.45, 2.75) is 149 Å². The Morgan fingerprint density at radius 3 is 1.02 bits per heavy atom. The van der Waals surface area contributed by atoms with E-state index in [2.05, 4.69) is 21.1 Å². The lowest BCUT2D eigenvalue weighted by Gasteiger charge is -2.03. The Hall–Kier alpha value is -0.280. The minimum atomic E-state index is -0.565. The average molecular weight is 581 g/mol. The first-order valence-electron chi connectivity index (χ1n) is 16.6. The fourth-order valence-corrected chi connectivity index (χ4v) is 3.61. The van der Waals surface area contributed by atoms with Gasteiger partial charge in [0.1, 0.15) is 6.79 Å². The molecule has 1 atom stereocenters. The molecule has 7 heteroatoms. The third-order valence-corrected chi connectivity index (χ3v) is 6.35. The smallest absolute Gasteiger partial charge is 0.153 e. The molecule has 0 aromatic carbocycles. The Morgan fingerprint density at radius 1 is 0.525 bits per heavy atom. The van der Waals surface area contributed by atoms with Crippen molar-refractivity contribution >= 4 is 0 Å². The minimum absolute atomic E-state index is 0.500. The van der Waals surface area contributed by atoms with Crippen molar-refractivity contribution in [1.29, 1.82) is 0 Å². The Kier molecular flexibility index (Phi) is 50.5. The molecule has 0 aromatic rings. The van der Waals surface area contributed by atoms with Crippen molar-refractivity contribution in [3.05, 3.63) is 0 Å². The molecule has 0 aliphatic carbocycles. The van der Waals surface area contributed by atoms with E-state index in [-0.39, 0.29) is 0 Å². The number of hydrogen-bond donors (Lipinski definition) is 1. The lowest BCUT2D eigenvalue weighted by atomic mass is 10.0. The standard InChI is InChI=1S/C21H44O.C4H10O2.C3H6O2.C3H8O.C2H4O/c1-3-4-5-6-7-8-9-10-11-12-13-14-15-16-17-18-19-20-21-22-2;1-3-4(5)6-2;1-2-5-3-4-1;1-3-4-2;1-2-3-1/h3-21H2,1-2H3;4-5H,3H2,1-2H3;1-3H2;3H2,1-2H3;1-2H2. The van der Waals surface area contributed by atoms with Crippen LogP contribution in [-0.2, 0) is 28.4 Å². The molecular formula is C33H72O7. The quantitative estimate of drug-likeness (QED) is 0.0779. The third-order valence-electron chi connectivity index (χ3n) is 6.35. The zero-order chi connectivity index (χ0) is 30.2. The van der Waals surface area contributed by atoms with Crippen LogP contribution in [0.1, 0.15) is 143 Å². The Labute approximate surface area is 250 Å². The van der Waals surface area contributed by atoms with Crippen LogP contribution in [0.2, 0.25) is 0 Å². The summed E-state index contributed by atoms with van der Waals surface area (Å²) >= 11 is 0. The second-order valence-corrected chi connectivity index (χ2v) is 10.2. The molecule has 2 heterocycles. The predicted molar refractivity (Wildman–Crippen MR) is 169 cm³/mol. The lowest BCUT2D eigenvalue weighted by Crippen LogP contribution is -2.05.